The van der Waals surface area contributed by atoms with E-state index in [1.54, 1.807) is 12.2 Å². The van der Waals surface area contributed by atoms with Crippen molar-refractivity contribution in [1.82, 2.24) is 0 Å². The number of rotatable bonds is 8. The molecule has 2 unspecified atom stereocenters. The summed E-state index contributed by atoms with van der Waals surface area (Å²) >= 11 is 0. The zero-order chi connectivity index (χ0) is 29.3. The normalized spacial score (nSPS) is 28.9. The molecule has 2 saturated carbocycles. The van der Waals surface area contributed by atoms with Crippen LogP contribution in [0.25, 0.3) is 0 Å². The number of ether oxygens (including phenoxy) is 3. The van der Waals surface area contributed by atoms with Crippen LogP contribution < -0.4 is 73.4 Å². The van der Waals surface area contributed by atoms with Crippen molar-refractivity contribution in [1.29, 1.82) is 0 Å². The van der Waals surface area contributed by atoms with E-state index in [-0.39, 0.29) is 101 Å². The molecule has 0 saturated heterocycles. The van der Waals surface area contributed by atoms with E-state index in [1.165, 1.54) is 31.2 Å². The van der Waals surface area contributed by atoms with E-state index in [2.05, 4.69) is 18.0 Å². The summed E-state index contributed by atoms with van der Waals surface area (Å²) in [5, 5.41) is 0. The molecule has 0 aromatic heterocycles. The predicted molar refractivity (Wildman–Crippen MR) is 139 cm³/mol. The Hall–Kier alpha value is -1.20. The Morgan fingerprint density at radius 1 is 1.19 bits per heavy atom. The number of cyclic esters (lactones) is 1. The largest absolute Gasteiger partial charge is 1.00 e. The molecule has 0 N–H and O–H groups in total. The Bertz CT molecular complexity index is 1320. The van der Waals surface area contributed by atoms with Crippen molar-refractivity contribution >= 4 is 25.7 Å². The monoisotopic (exact) mass is 618 g/mol. The van der Waals surface area contributed by atoms with Gasteiger partial charge in [0.25, 0.3) is 0 Å². The van der Waals surface area contributed by atoms with E-state index < -0.39 is 37.0 Å². The van der Waals surface area contributed by atoms with Crippen LogP contribution in [0.5, 0.6) is 5.75 Å². The summed E-state index contributed by atoms with van der Waals surface area (Å²) in [4.78, 5) is 59.6. The van der Waals surface area contributed by atoms with Crippen LogP contribution in [0.15, 0.2) is 60.2 Å². The van der Waals surface area contributed by atoms with Gasteiger partial charge in [-0.15, -0.1) is 0 Å². The Labute approximate surface area is 290 Å². The zero-order valence-electron chi connectivity index (χ0n) is 24.8. The molecule has 216 valence electrons. The SMILES string of the molecule is C=C1CCC2[C@](C)(CC[C@@H](OC(C)=O)[C@@]2(C)COC(=O)c2ccccc2OP(=O)([O-])[O-])C1/C=C/C1=CCOC1=O.[Na+].[Na+]. The fraction of sp³-hybridized carbons (Fsp3) is 0.483. The quantitative estimate of drug-likeness (QED) is 0.0999. The average molecular weight is 619 g/mol. The number of hydrogen-bond acceptors (Lipinski definition) is 10. The summed E-state index contributed by atoms with van der Waals surface area (Å²) in [6, 6.07) is 5.41. The molecule has 13 heteroatoms. The molecular formula is C29H33Na2O10P. The zero-order valence-corrected chi connectivity index (χ0v) is 29.6. The van der Waals surface area contributed by atoms with Crippen molar-refractivity contribution < 1.29 is 107 Å². The van der Waals surface area contributed by atoms with E-state index in [1.807, 2.05) is 13.0 Å². The van der Waals surface area contributed by atoms with Crippen LogP contribution in [0.1, 0.15) is 56.8 Å². The molecule has 1 heterocycles. The second kappa shape index (κ2) is 14.7. The van der Waals surface area contributed by atoms with Crippen LogP contribution in [-0.2, 0) is 28.4 Å². The van der Waals surface area contributed by atoms with Crippen LogP contribution in [0.2, 0.25) is 0 Å². The summed E-state index contributed by atoms with van der Waals surface area (Å²) in [5.41, 5.74) is 0.138. The molecule has 10 nitrogen and oxygen atoms in total. The van der Waals surface area contributed by atoms with Crippen molar-refractivity contribution in [2.75, 3.05) is 13.2 Å². The van der Waals surface area contributed by atoms with Crippen LogP contribution in [0.3, 0.4) is 0 Å². The van der Waals surface area contributed by atoms with Crippen LogP contribution in [0.4, 0.5) is 0 Å². The third kappa shape index (κ3) is 8.09. The Kier molecular flexibility index (Phi) is 13.0. The van der Waals surface area contributed by atoms with Gasteiger partial charge in [0.2, 0.25) is 0 Å². The van der Waals surface area contributed by atoms with Gasteiger partial charge in [-0.2, -0.15) is 0 Å². The standard InChI is InChI=1S/C29H35O10P.2Na/c1-18-9-12-24-28(3,22(18)11-10-20-14-16-36-26(20)31)15-13-25(38-19(2)30)29(24,4)17-37-27(32)21-7-5-6-8-23(21)39-40(33,34)35;;/h5-8,10-11,14,22,24-25H,1,9,12-13,15-17H2,2-4H3,(H2,33,34,35);;/q;2*+1/p-2/b11-10+;;/t22?,24?,25-,28-,29+;;/m1../s1. The van der Waals surface area contributed by atoms with Gasteiger partial charge >= 0.3 is 77.0 Å². The first-order chi connectivity index (χ1) is 18.7. The number of fused-ring (bicyclic) bond motifs is 1. The molecule has 3 aliphatic rings. The Morgan fingerprint density at radius 3 is 2.50 bits per heavy atom. The van der Waals surface area contributed by atoms with E-state index >= 15 is 0 Å². The molecule has 2 aliphatic carbocycles. The van der Waals surface area contributed by atoms with Gasteiger partial charge in [0.15, 0.2) is 0 Å². The number of allylic oxidation sites excluding steroid dienone is 2. The van der Waals surface area contributed by atoms with E-state index in [9.17, 15) is 28.7 Å². The van der Waals surface area contributed by atoms with Crippen molar-refractivity contribution in [3.8, 4) is 5.75 Å². The smallest absolute Gasteiger partial charge is 0.780 e. The summed E-state index contributed by atoms with van der Waals surface area (Å²) in [7, 11) is -5.41. The third-order valence-electron chi connectivity index (χ3n) is 8.54. The van der Waals surface area contributed by atoms with Gasteiger partial charge in [0.1, 0.15) is 38.5 Å². The van der Waals surface area contributed by atoms with Gasteiger partial charge in [-0.25, -0.2) is 9.59 Å². The maximum absolute atomic E-state index is 13.1. The molecule has 0 radical (unpaired) electrons. The molecule has 0 bridgehead atoms. The number of benzene rings is 1. The number of carbonyl (C=O) groups excluding carboxylic acids is 3. The number of phosphoric acid groups is 1. The number of esters is 3. The number of phosphoric ester groups is 1. The first-order valence-electron chi connectivity index (χ1n) is 13.1. The van der Waals surface area contributed by atoms with E-state index in [0.717, 1.165) is 5.57 Å². The molecule has 4 rings (SSSR count). The fourth-order valence-corrected chi connectivity index (χ4v) is 7.09. The van der Waals surface area contributed by atoms with Crippen molar-refractivity contribution in [2.45, 2.75) is 52.6 Å². The van der Waals surface area contributed by atoms with Crippen molar-refractivity contribution in [3.05, 3.63) is 65.8 Å². The average Bonchev–Trinajstić information content (AvgIpc) is 3.28. The maximum atomic E-state index is 13.1. The predicted octanol–water partition coefficient (Wildman–Crippen LogP) is -2.58. The Balaban J connectivity index is 0.00000308. The van der Waals surface area contributed by atoms with Gasteiger partial charge in [0, 0.05) is 18.3 Å². The molecule has 5 atom stereocenters. The summed E-state index contributed by atoms with van der Waals surface area (Å²) in [6.07, 6.45) is 7.56. The van der Waals surface area contributed by atoms with E-state index in [0.29, 0.717) is 31.3 Å². The number of para-hydroxylation sites is 1. The summed E-state index contributed by atoms with van der Waals surface area (Å²) < 4.78 is 32.2. The molecule has 1 aromatic rings. The van der Waals surface area contributed by atoms with Crippen LogP contribution >= 0.6 is 7.82 Å². The summed E-state index contributed by atoms with van der Waals surface area (Å²) in [6.45, 7) is 9.83. The Morgan fingerprint density at radius 2 is 1.88 bits per heavy atom. The molecule has 42 heavy (non-hydrogen) atoms. The second-order valence-corrected chi connectivity index (χ2v) is 12.2. The number of carbonyl (C=O) groups is 3. The van der Waals surface area contributed by atoms with Crippen LogP contribution in [-0.4, -0.2) is 37.2 Å². The first kappa shape index (κ1) is 37.0. The fourth-order valence-electron chi connectivity index (χ4n) is 6.69. The first-order valence-corrected chi connectivity index (χ1v) is 14.6. The van der Waals surface area contributed by atoms with Gasteiger partial charge in [0.05, 0.1) is 5.57 Å². The van der Waals surface area contributed by atoms with Gasteiger partial charge in [-0.1, -0.05) is 50.3 Å². The minimum Gasteiger partial charge on any atom is -0.780 e. The second-order valence-electron chi connectivity index (χ2n) is 11.1. The molecule has 1 aromatic carbocycles. The van der Waals surface area contributed by atoms with Gasteiger partial charge in [-0.3, -0.25) is 4.79 Å². The van der Waals surface area contributed by atoms with E-state index in [4.69, 9.17) is 14.2 Å². The molecular weight excluding hydrogens is 585 g/mol. The molecule has 1 aliphatic heterocycles. The van der Waals surface area contributed by atoms with Crippen LogP contribution in [0, 0.1) is 22.7 Å². The number of hydrogen-bond donors (Lipinski definition) is 0. The minimum absolute atomic E-state index is 0. The van der Waals surface area contributed by atoms with Gasteiger partial charge in [-0.05, 0) is 55.2 Å². The summed E-state index contributed by atoms with van der Waals surface area (Å²) in [5.74, 6) is -2.28. The minimum atomic E-state index is -5.41. The topological polar surface area (TPSA) is 151 Å². The third-order valence-corrected chi connectivity index (χ3v) is 8.96. The maximum Gasteiger partial charge on any atom is 1.00 e. The molecule has 2 fully saturated rings. The van der Waals surface area contributed by atoms with Crippen molar-refractivity contribution in [2.24, 2.45) is 22.7 Å². The van der Waals surface area contributed by atoms with Crippen molar-refractivity contribution in [3.63, 3.8) is 0 Å². The molecule has 0 amide bonds. The van der Waals surface area contributed by atoms with Gasteiger partial charge < -0.3 is 33.1 Å². The molecule has 0 spiro atoms.